The summed E-state index contributed by atoms with van der Waals surface area (Å²) >= 11 is 0. The van der Waals surface area contributed by atoms with Crippen molar-refractivity contribution < 1.29 is 9.59 Å². The molecular formula is C28H17NO2. The fourth-order valence-electron chi connectivity index (χ4n) is 4.63. The summed E-state index contributed by atoms with van der Waals surface area (Å²) in [5.41, 5.74) is 1.14. The SMILES string of the molecule is O=C1NC(=O)c2cccc3cccc1c23.c1cc2ccc3cccc4ccc(c1)c2c34. The number of hydrogen-bond acceptors (Lipinski definition) is 2. The van der Waals surface area contributed by atoms with Crippen LogP contribution in [-0.2, 0) is 0 Å². The van der Waals surface area contributed by atoms with Crippen LogP contribution in [0.4, 0.5) is 0 Å². The van der Waals surface area contributed by atoms with Gasteiger partial charge in [0.2, 0.25) is 0 Å². The molecule has 31 heavy (non-hydrogen) atoms. The van der Waals surface area contributed by atoms with Crippen LogP contribution in [-0.4, -0.2) is 11.8 Å². The molecule has 0 aliphatic carbocycles. The third kappa shape index (κ3) is 2.67. The molecule has 3 heteroatoms. The fraction of sp³-hybridized carbons (Fsp3) is 0. The zero-order valence-electron chi connectivity index (χ0n) is 16.6. The average molecular weight is 399 g/mol. The quantitative estimate of drug-likeness (QED) is 0.240. The molecule has 0 saturated carbocycles. The molecule has 1 aliphatic heterocycles. The first-order valence-corrected chi connectivity index (χ1v) is 10.2. The number of nitrogens with one attached hydrogen (secondary N) is 1. The van der Waals surface area contributed by atoms with Crippen molar-refractivity contribution in [3.05, 3.63) is 108 Å². The number of benzene rings is 6. The highest BCUT2D eigenvalue weighted by atomic mass is 16.2. The van der Waals surface area contributed by atoms with Gasteiger partial charge in [-0.2, -0.15) is 0 Å². The molecule has 0 spiro atoms. The third-order valence-corrected chi connectivity index (χ3v) is 6.01. The van der Waals surface area contributed by atoms with Crippen LogP contribution in [0.3, 0.4) is 0 Å². The van der Waals surface area contributed by atoms with Crippen LogP contribution >= 0.6 is 0 Å². The summed E-state index contributed by atoms with van der Waals surface area (Å²) in [5, 5.41) is 12.1. The van der Waals surface area contributed by atoms with E-state index in [1.165, 1.54) is 32.3 Å². The molecule has 1 N–H and O–H groups in total. The maximum Gasteiger partial charge on any atom is 0.258 e. The van der Waals surface area contributed by atoms with E-state index < -0.39 is 0 Å². The second kappa shape index (κ2) is 6.64. The molecule has 1 heterocycles. The Kier molecular flexibility index (Phi) is 3.77. The standard InChI is InChI=1S/C16H10.C12H7NO2/c1-3-11-7-9-13-5-2-6-14-10-8-12(4-1)15(11)16(13)14;14-11-8-5-1-3-7-4-2-6-9(10(7)8)12(15)13-11/h1-10H;1-6H,(H,13,14,15). The second-order valence-electron chi connectivity index (χ2n) is 7.78. The Hall–Kier alpha value is -4.24. The summed E-state index contributed by atoms with van der Waals surface area (Å²) in [6.07, 6.45) is 0. The summed E-state index contributed by atoms with van der Waals surface area (Å²) in [6, 6.07) is 32.7. The Labute approximate surface area is 178 Å². The van der Waals surface area contributed by atoms with Gasteiger partial charge in [-0.25, -0.2) is 0 Å². The van der Waals surface area contributed by atoms with Gasteiger partial charge in [0.15, 0.2) is 0 Å². The van der Waals surface area contributed by atoms with Crippen LogP contribution in [0.2, 0.25) is 0 Å². The number of carbonyl (C=O) groups excluding carboxylic acids is 2. The number of rotatable bonds is 0. The van der Waals surface area contributed by atoms with Gasteiger partial charge >= 0.3 is 0 Å². The highest BCUT2D eigenvalue weighted by Gasteiger charge is 2.23. The number of amides is 2. The summed E-state index contributed by atoms with van der Waals surface area (Å²) in [7, 11) is 0. The molecule has 2 amide bonds. The van der Waals surface area contributed by atoms with Crippen molar-refractivity contribution >= 4 is 54.9 Å². The van der Waals surface area contributed by atoms with E-state index in [-0.39, 0.29) is 11.8 Å². The van der Waals surface area contributed by atoms with Crippen LogP contribution in [0.15, 0.2) is 97.1 Å². The van der Waals surface area contributed by atoms with E-state index in [2.05, 4.69) is 66.0 Å². The first-order valence-electron chi connectivity index (χ1n) is 10.2. The highest BCUT2D eigenvalue weighted by molar-refractivity contribution is 6.25. The predicted molar refractivity (Wildman–Crippen MR) is 126 cm³/mol. The van der Waals surface area contributed by atoms with E-state index in [1.54, 1.807) is 12.1 Å². The Balaban J connectivity index is 0.000000120. The van der Waals surface area contributed by atoms with Gasteiger partial charge < -0.3 is 0 Å². The lowest BCUT2D eigenvalue weighted by Gasteiger charge is -2.15. The maximum absolute atomic E-state index is 11.6. The van der Waals surface area contributed by atoms with Gasteiger partial charge in [0.1, 0.15) is 0 Å². The van der Waals surface area contributed by atoms with Gasteiger partial charge in [0.05, 0.1) is 0 Å². The number of hydrogen-bond donors (Lipinski definition) is 1. The fourth-order valence-corrected chi connectivity index (χ4v) is 4.63. The molecule has 146 valence electrons. The van der Waals surface area contributed by atoms with Crippen molar-refractivity contribution in [2.24, 2.45) is 0 Å². The predicted octanol–water partition coefficient (Wildman–Crippen LogP) is 6.31. The van der Waals surface area contributed by atoms with Gasteiger partial charge in [-0.3, -0.25) is 14.9 Å². The first kappa shape index (κ1) is 17.6. The van der Waals surface area contributed by atoms with E-state index in [4.69, 9.17) is 0 Å². The monoisotopic (exact) mass is 399 g/mol. The molecule has 3 nitrogen and oxygen atoms in total. The molecule has 0 fully saturated rings. The molecule has 0 atom stereocenters. The van der Waals surface area contributed by atoms with Gasteiger partial charge in [-0.1, -0.05) is 84.9 Å². The van der Waals surface area contributed by atoms with Gasteiger partial charge in [0.25, 0.3) is 11.8 Å². The lowest BCUT2D eigenvalue weighted by Crippen LogP contribution is -2.34. The molecule has 6 aromatic carbocycles. The average Bonchev–Trinajstić information content (AvgIpc) is 2.81. The second-order valence-corrected chi connectivity index (χ2v) is 7.78. The van der Waals surface area contributed by atoms with Crippen LogP contribution < -0.4 is 5.32 Å². The number of carbonyl (C=O) groups is 2. The Bertz CT molecular complexity index is 1470. The van der Waals surface area contributed by atoms with Crippen LogP contribution in [0.25, 0.3) is 43.1 Å². The van der Waals surface area contributed by atoms with E-state index in [9.17, 15) is 9.59 Å². The minimum absolute atomic E-state index is 0.315. The molecule has 0 unspecified atom stereocenters. The molecular weight excluding hydrogens is 382 g/mol. The zero-order chi connectivity index (χ0) is 20.9. The summed E-state index contributed by atoms with van der Waals surface area (Å²) < 4.78 is 0. The summed E-state index contributed by atoms with van der Waals surface area (Å²) in [6.45, 7) is 0. The van der Waals surface area contributed by atoms with Crippen molar-refractivity contribution in [3.8, 4) is 0 Å². The van der Waals surface area contributed by atoms with Crippen molar-refractivity contribution in [2.75, 3.05) is 0 Å². The Morgan fingerprint density at radius 3 is 1.10 bits per heavy atom. The largest absolute Gasteiger partial charge is 0.288 e. The third-order valence-electron chi connectivity index (χ3n) is 6.01. The molecule has 1 aliphatic rings. The minimum atomic E-state index is -0.315. The van der Waals surface area contributed by atoms with Gasteiger partial charge in [0, 0.05) is 16.5 Å². The summed E-state index contributed by atoms with van der Waals surface area (Å²) in [5.74, 6) is -0.631. The lowest BCUT2D eigenvalue weighted by atomic mass is 9.95. The molecule has 0 aromatic heterocycles. The van der Waals surface area contributed by atoms with E-state index in [0.29, 0.717) is 11.1 Å². The Morgan fingerprint density at radius 2 is 0.710 bits per heavy atom. The molecule has 6 aromatic rings. The van der Waals surface area contributed by atoms with Crippen LogP contribution in [0.1, 0.15) is 20.7 Å². The minimum Gasteiger partial charge on any atom is -0.288 e. The van der Waals surface area contributed by atoms with Crippen LogP contribution in [0, 0.1) is 0 Å². The lowest BCUT2D eigenvalue weighted by molar-refractivity contribution is 0.0845. The maximum atomic E-state index is 11.6. The van der Waals surface area contributed by atoms with Gasteiger partial charge in [-0.15, -0.1) is 0 Å². The molecule has 0 radical (unpaired) electrons. The smallest absolute Gasteiger partial charge is 0.258 e. The molecule has 7 rings (SSSR count). The van der Waals surface area contributed by atoms with Crippen molar-refractivity contribution in [1.82, 2.24) is 5.32 Å². The van der Waals surface area contributed by atoms with E-state index >= 15 is 0 Å². The van der Waals surface area contributed by atoms with E-state index in [1.807, 2.05) is 24.3 Å². The highest BCUT2D eigenvalue weighted by Crippen LogP contribution is 2.33. The van der Waals surface area contributed by atoms with E-state index in [0.717, 1.165) is 10.8 Å². The topological polar surface area (TPSA) is 46.2 Å². The zero-order valence-corrected chi connectivity index (χ0v) is 16.6. The van der Waals surface area contributed by atoms with Crippen LogP contribution in [0.5, 0.6) is 0 Å². The van der Waals surface area contributed by atoms with Crippen molar-refractivity contribution in [2.45, 2.75) is 0 Å². The van der Waals surface area contributed by atoms with Gasteiger partial charge in [-0.05, 0) is 49.8 Å². The normalized spacial score (nSPS) is 12.9. The van der Waals surface area contributed by atoms with Crippen molar-refractivity contribution in [1.29, 1.82) is 0 Å². The molecule has 0 bridgehead atoms. The molecule has 0 saturated heterocycles. The Morgan fingerprint density at radius 1 is 0.387 bits per heavy atom. The van der Waals surface area contributed by atoms with Crippen molar-refractivity contribution in [3.63, 3.8) is 0 Å². The number of imide groups is 1. The first-order chi connectivity index (χ1) is 15.2. The summed E-state index contributed by atoms with van der Waals surface area (Å²) in [4.78, 5) is 23.1.